The van der Waals surface area contributed by atoms with Gasteiger partial charge in [0.2, 0.25) is 5.91 Å². The molecule has 1 N–H and O–H groups in total. The van der Waals surface area contributed by atoms with Crippen molar-refractivity contribution >= 4 is 44.9 Å². The number of nitrogens with zero attached hydrogens (tertiary/aromatic N) is 1. The fraction of sp³-hybridized carbons (Fsp3) is 0.167. The molecular formula is C24H23ClN2O5S. The Balaban J connectivity index is 1.93. The molecule has 3 aromatic rings. The monoisotopic (exact) mass is 486 g/mol. The van der Waals surface area contributed by atoms with E-state index in [2.05, 4.69) is 10.1 Å². The molecule has 3 aromatic carbocycles. The van der Waals surface area contributed by atoms with Gasteiger partial charge in [-0.3, -0.25) is 9.10 Å². The van der Waals surface area contributed by atoms with E-state index in [1.54, 1.807) is 30.3 Å². The Morgan fingerprint density at radius 1 is 0.970 bits per heavy atom. The van der Waals surface area contributed by atoms with E-state index in [4.69, 9.17) is 11.6 Å². The number of sulfonamides is 1. The maximum atomic E-state index is 13.4. The number of amides is 1. The van der Waals surface area contributed by atoms with Crippen LogP contribution in [0.5, 0.6) is 0 Å². The van der Waals surface area contributed by atoms with Gasteiger partial charge in [-0.2, -0.15) is 0 Å². The zero-order chi connectivity index (χ0) is 24.2. The normalized spacial score (nSPS) is 11.0. The summed E-state index contributed by atoms with van der Waals surface area (Å²) in [5.41, 5.74) is 2.48. The van der Waals surface area contributed by atoms with Gasteiger partial charge >= 0.3 is 5.97 Å². The van der Waals surface area contributed by atoms with Crippen LogP contribution in [0, 0.1) is 13.8 Å². The van der Waals surface area contributed by atoms with Gasteiger partial charge in [-0.15, -0.1) is 0 Å². The van der Waals surface area contributed by atoms with Gasteiger partial charge < -0.3 is 10.1 Å². The minimum Gasteiger partial charge on any atom is -0.465 e. The average Bonchev–Trinajstić information content (AvgIpc) is 2.78. The van der Waals surface area contributed by atoms with Crippen LogP contribution in [0.25, 0.3) is 0 Å². The Morgan fingerprint density at radius 2 is 1.67 bits per heavy atom. The number of ether oxygens (including phenoxy) is 1. The van der Waals surface area contributed by atoms with Crippen LogP contribution in [0.4, 0.5) is 11.4 Å². The molecule has 1 amide bonds. The molecule has 3 rings (SSSR count). The first-order valence-electron chi connectivity index (χ1n) is 9.95. The third-order valence-electron chi connectivity index (χ3n) is 4.84. The number of nitrogens with one attached hydrogen (secondary N) is 1. The molecule has 0 heterocycles. The average molecular weight is 487 g/mol. The number of hydrogen-bond acceptors (Lipinski definition) is 5. The van der Waals surface area contributed by atoms with E-state index in [9.17, 15) is 18.0 Å². The van der Waals surface area contributed by atoms with Crippen molar-refractivity contribution in [2.75, 3.05) is 23.3 Å². The Morgan fingerprint density at radius 3 is 2.30 bits per heavy atom. The predicted octanol–water partition coefficient (Wildman–Crippen LogP) is 4.58. The molecule has 172 valence electrons. The van der Waals surface area contributed by atoms with Gasteiger partial charge in [0.1, 0.15) is 6.54 Å². The molecule has 0 aromatic heterocycles. The largest absolute Gasteiger partial charge is 0.465 e. The fourth-order valence-electron chi connectivity index (χ4n) is 3.14. The van der Waals surface area contributed by atoms with Crippen LogP contribution in [0.2, 0.25) is 5.02 Å². The van der Waals surface area contributed by atoms with E-state index < -0.39 is 28.4 Å². The molecule has 9 heteroatoms. The first-order chi connectivity index (χ1) is 15.6. The molecule has 0 spiro atoms. The van der Waals surface area contributed by atoms with Gasteiger partial charge in [0.15, 0.2) is 0 Å². The third-order valence-corrected chi connectivity index (χ3v) is 6.96. The van der Waals surface area contributed by atoms with E-state index >= 15 is 0 Å². The van der Waals surface area contributed by atoms with E-state index in [0.29, 0.717) is 5.69 Å². The van der Waals surface area contributed by atoms with Crippen LogP contribution in [-0.2, 0) is 19.6 Å². The lowest BCUT2D eigenvalue weighted by molar-refractivity contribution is -0.114. The molecule has 0 aliphatic rings. The van der Waals surface area contributed by atoms with E-state index in [0.717, 1.165) is 15.4 Å². The van der Waals surface area contributed by atoms with Crippen LogP contribution in [0.3, 0.4) is 0 Å². The quantitative estimate of drug-likeness (QED) is 0.493. The Labute approximate surface area is 198 Å². The molecule has 0 atom stereocenters. The highest BCUT2D eigenvalue weighted by atomic mass is 35.5. The van der Waals surface area contributed by atoms with E-state index in [1.807, 2.05) is 19.9 Å². The van der Waals surface area contributed by atoms with Crippen LogP contribution in [-0.4, -0.2) is 33.9 Å². The predicted molar refractivity (Wildman–Crippen MR) is 128 cm³/mol. The van der Waals surface area contributed by atoms with Gasteiger partial charge in [0, 0.05) is 5.69 Å². The molecule has 0 unspecified atom stereocenters. The Kier molecular flexibility index (Phi) is 7.40. The van der Waals surface area contributed by atoms with Gasteiger partial charge in [-0.05, 0) is 61.9 Å². The number of methoxy groups -OCH3 is 1. The fourth-order valence-corrected chi connectivity index (χ4v) is 4.74. The van der Waals surface area contributed by atoms with Crippen LogP contribution in [0.1, 0.15) is 21.5 Å². The molecule has 7 nitrogen and oxygen atoms in total. The number of esters is 1. The van der Waals surface area contributed by atoms with Crippen molar-refractivity contribution in [1.82, 2.24) is 0 Å². The van der Waals surface area contributed by atoms with Crippen molar-refractivity contribution in [3.05, 3.63) is 88.4 Å². The smallest absolute Gasteiger partial charge is 0.339 e. The molecule has 0 fully saturated rings. The van der Waals surface area contributed by atoms with Crippen molar-refractivity contribution in [3.63, 3.8) is 0 Å². The molecule has 0 saturated heterocycles. The molecule has 0 bridgehead atoms. The Bertz CT molecular complexity index is 1290. The summed E-state index contributed by atoms with van der Waals surface area (Å²) < 4.78 is 32.6. The van der Waals surface area contributed by atoms with E-state index in [-0.39, 0.29) is 21.2 Å². The molecule has 0 saturated carbocycles. The van der Waals surface area contributed by atoms with Crippen molar-refractivity contribution < 1.29 is 22.7 Å². The number of hydrogen-bond donors (Lipinski definition) is 1. The number of rotatable bonds is 7. The zero-order valence-electron chi connectivity index (χ0n) is 18.3. The lowest BCUT2D eigenvalue weighted by atomic mass is 10.2. The van der Waals surface area contributed by atoms with E-state index in [1.165, 1.54) is 37.4 Å². The maximum Gasteiger partial charge on any atom is 0.339 e. The lowest BCUT2D eigenvalue weighted by Gasteiger charge is -2.24. The summed E-state index contributed by atoms with van der Waals surface area (Å²) in [6, 6.07) is 17.6. The third kappa shape index (κ3) is 5.71. The Hall–Kier alpha value is -3.36. The second-order valence-electron chi connectivity index (χ2n) is 7.40. The minimum atomic E-state index is -4.03. The van der Waals surface area contributed by atoms with Gasteiger partial charge in [-0.1, -0.05) is 41.4 Å². The highest BCUT2D eigenvalue weighted by Crippen LogP contribution is 2.26. The van der Waals surface area contributed by atoms with Crippen LogP contribution < -0.4 is 9.62 Å². The highest BCUT2D eigenvalue weighted by Gasteiger charge is 2.27. The molecule has 33 heavy (non-hydrogen) atoms. The number of benzene rings is 3. The second-order valence-corrected chi connectivity index (χ2v) is 9.67. The van der Waals surface area contributed by atoms with Crippen molar-refractivity contribution in [3.8, 4) is 0 Å². The maximum absolute atomic E-state index is 13.4. The van der Waals surface area contributed by atoms with Crippen LogP contribution >= 0.6 is 11.6 Å². The first-order valence-corrected chi connectivity index (χ1v) is 11.8. The first kappa shape index (κ1) is 24.3. The number of halogens is 1. The van der Waals surface area contributed by atoms with Gasteiger partial charge in [0.05, 0.1) is 28.3 Å². The zero-order valence-corrected chi connectivity index (χ0v) is 19.9. The summed E-state index contributed by atoms with van der Waals surface area (Å²) in [6.07, 6.45) is 0. The summed E-state index contributed by atoms with van der Waals surface area (Å²) in [6.45, 7) is 3.22. The SMILES string of the molecule is COC(=O)c1cc(NC(=O)CN(c2cccc(C)c2)S(=O)(=O)c2ccc(C)cc2)ccc1Cl. The number of carbonyl (C=O) groups excluding carboxylic acids is 2. The topological polar surface area (TPSA) is 92.8 Å². The van der Waals surface area contributed by atoms with Crippen molar-refractivity contribution in [2.45, 2.75) is 18.7 Å². The summed E-state index contributed by atoms with van der Waals surface area (Å²) >= 11 is 6.02. The van der Waals surface area contributed by atoms with Gasteiger partial charge in [0.25, 0.3) is 10.0 Å². The minimum absolute atomic E-state index is 0.0712. The second kappa shape index (κ2) is 10.1. The van der Waals surface area contributed by atoms with Crippen LogP contribution in [0.15, 0.2) is 71.6 Å². The number of carbonyl (C=O) groups is 2. The van der Waals surface area contributed by atoms with Gasteiger partial charge in [-0.25, -0.2) is 13.2 Å². The lowest BCUT2D eigenvalue weighted by Crippen LogP contribution is -2.38. The highest BCUT2D eigenvalue weighted by molar-refractivity contribution is 7.92. The summed E-state index contributed by atoms with van der Waals surface area (Å²) in [5.74, 6) is -1.25. The molecule has 0 aliphatic heterocycles. The number of aryl methyl sites for hydroxylation is 2. The molecule has 0 aliphatic carbocycles. The molecule has 0 radical (unpaired) electrons. The summed E-state index contributed by atoms with van der Waals surface area (Å²) in [7, 11) is -2.81. The summed E-state index contributed by atoms with van der Waals surface area (Å²) in [5, 5.41) is 2.79. The summed E-state index contributed by atoms with van der Waals surface area (Å²) in [4.78, 5) is 24.8. The van der Waals surface area contributed by atoms with Crippen molar-refractivity contribution in [1.29, 1.82) is 0 Å². The number of anilines is 2. The van der Waals surface area contributed by atoms with Crippen molar-refractivity contribution in [2.24, 2.45) is 0 Å². The standard InChI is InChI=1S/C24H23ClN2O5S/c1-16-7-10-20(11-8-16)33(30,31)27(19-6-4-5-17(2)13-19)15-23(28)26-18-9-12-22(25)21(14-18)24(29)32-3/h4-14H,15H2,1-3H3,(H,26,28). The molecular weight excluding hydrogens is 464 g/mol.